The molecule has 51 heavy (non-hydrogen) atoms. The predicted molar refractivity (Wildman–Crippen MR) is 218 cm³/mol. The van der Waals surface area contributed by atoms with Crippen LogP contribution in [0.25, 0.3) is 33.4 Å². The van der Waals surface area contributed by atoms with E-state index in [4.69, 9.17) is 5.73 Å². The zero-order chi connectivity index (χ0) is 37.1. The fourth-order valence-electron chi connectivity index (χ4n) is 5.35. The number of fused-ring (bicyclic) bond motifs is 2. The average molecular weight is 715 g/mol. The molecule has 0 atom stereocenters. The van der Waals surface area contributed by atoms with Crippen LogP contribution in [0.15, 0.2) is 90.6 Å². The van der Waals surface area contributed by atoms with E-state index in [9.17, 15) is 10.1 Å². The van der Waals surface area contributed by atoms with Gasteiger partial charge in [-0.05, 0) is 61.6 Å². The molecule has 276 valence electrons. The molecule has 0 spiro atoms. The van der Waals surface area contributed by atoms with E-state index in [1.807, 2.05) is 106 Å². The van der Waals surface area contributed by atoms with E-state index in [0.717, 1.165) is 39.7 Å². The third-order valence-electron chi connectivity index (χ3n) is 7.62. The van der Waals surface area contributed by atoms with Gasteiger partial charge in [0.1, 0.15) is 17.5 Å². The highest BCUT2D eigenvalue weighted by atomic mass is 32.2. The summed E-state index contributed by atoms with van der Waals surface area (Å²) in [6, 6.07) is 18.3. The number of nitrogens with two attached hydrogens (primary N) is 1. The van der Waals surface area contributed by atoms with Crippen LogP contribution in [0.1, 0.15) is 93.8 Å². The third-order valence-corrected chi connectivity index (χ3v) is 8.19. The Hall–Kier alpha value is -4.77. The molecule has 1 saturated carbocycles. The maximum atomic E-state index is 11.0. The molecule has 0 radical (unpaired) electrons. The monoisotopic (exact) mass is 714 g/mol. The normalized spacial score (nSPS) is 11.7. The summed E-state index contributed by atoms with van der Waals surface area (Å²) in [5.74, 6) is 3.35. The number of hydrogen-bond acceptors (Lipinski definition) is 8. The van der Waals surface area contributed by atoms with Crippen molar-refractivity contribution in [1.29, 1.82) is 0 Å². The number of nitro groups is 1. The molecule has 0 bridgehead atoms. The summed E-state index contributed by atoms with van der Waals surface area (Å²) in [5.41, 5.74) is 8.63. The van der Waals surface area contributed by atoms with Gasteiger partial charge in [0.2, 0.25) is 0 Å². The lowest BCUT2D eigenvalue weighted by atomic mass is 9.91. The van der Waals surface area contributed by atoms with Gasteiger partial charge in [0, 0.05) is 41.9 Å². The second-order valence-corrected chi connectivity index (χ2v) is 11.5. The minimum Gasteiger partial charge on any atom is -0.398 e. The first-order valence-electron chi connectivity index (χ1n) is 17.6. The van der Waals surface area contributed by atoms with Crippen LogP contribution in [0.2, 0.25) is 0 Å². The molecule has 0 aliphatic heterocycles. The van der Waals surface area contributed by atoms with Gasteiger partial charge in [-0.15, -0.1) is 0 Å². The van der Waals surface area contributed by atoms with Crippen LogP contribution < -0.4 is 5.73 Å². The highest BCUT2D eigenvalue weighted by Gasteiger charge is 2.15. The Morgan fingerprint density at radius 1 is 0.765 bits per heavy atom. The molecule has 4 heterocycles. The van der Waals surface area contributed by atoms with Gasteiger partial charge in [-0.3, -0.25) is 10.1 Å². The van der Waals surface area contributed by atoms with Gasteiger partial charge in [0.25, 0.3) is 5.69 Å². The van der Waals surface area contributed by atoms with Crippen LogP contribution in [0.4, 0.5) is 11.4 Å². The van der Waals surface area contributed by atoms with Gasteiger partial charge >= 0.3 is 0 Å². The number of anilines is 1. The third kappa shape index (κ3) is 12.2. The lowest BCUT2D eigenvalue weighted by molar-refractivity contribution is -0.383. The zero-order valence-corrected chi connectivity index (χ0v) is 31.9. The van der Waals surface area contributed by atoms with Crippen LogP contribution in [0.5, 0.6) is 0 Å². The summed E-state index contributed by atoms with van der Waals surface area (Å²) in [7, 11) is 0. The van der Waals surface area contributed by atoms with Gasteiger partial charge in [-0.1, -0.05) is 112 Å². The van der Waals surface area contributed by atoms with E-state index in [2.05, 4.69) is 26.9 Å². The number of non-ortho nitro benzene ring substituents is 1. The summed E-state index contributed by atoms with van der Waals surface area (Å²) in [4.78, 5) is 27.7. The number of benzene rings is 2. The maximum absolute atomic E-state index is 11.0. The molecule has 0 amide bonds. The molecule has 2 N–H and O–H groups in total. The van der Waals surface area contributed by atoms with E-state index in [1.54, 1.807) is 36.8 Å². The molecule has 4 aromatic heterocycles. The summed E-state index contributed by atoms with van der Waals surface area (Å²) in [6.45, 7) is 16.2. The van der Waals surface area contributed by atoms with Gasteiger partial charge in [-0.25, -0.2) is 19.9 Å². The Kier molecular flexibility index (Phi) is 20.5. The first kappa shape index (κ1) is 44.3. The second kappa shape index (κ2) is 23.6. The molecule has 2 aromatic carbocycles. The Labute approximate surface area is 309 Å². The van der Waals surface area contributed by atoms with E-state index in [1.165, 1.54) is 49.9 Å². The van der Waals surface area contributed by atoms with Crippen molar-refractivity contribution in [3.05, 3.63) is 101 Å². The summed E-state index contributed by atoms with van der Waals surface area (Å²) >= 11 is 1.45. The van der Waals surface area contributed by atoms with Crippen molar-refractivity contribution >= 4 is 44.9 Å². The summed E-state index contributed by atoms with van der Waals surface area (Å²) in [6.07, 6.45) is 16.5. The van der Waals surface area contributed by atoms with Crippen LogP contribution in [0.3, 0.4) is 0 Å². The SMILES string of the molecule is C.CC.CC.CC.CC1CCCCC1.CSc1nccc(-n2ccc3c([N+](=O)[O-])cccc32)n1.Cc1nccc(-n2ccc3c(N)cccc32)n1. The van der Waals surface area contributed by atoms with Crippen molar-refractivity contribution in [2.45, 2.75) is 100 Å². The number of nitro benzene ring substituents is 1. The Bertz CT molecular complexity index is 1880. The molecular weight excluding hydrogens is 657 g/mol. The molecule has 10 nitrogen and oxygen atoms in total. The van der Waals surface area contributed by atoms with Gasteiger partial charge in [0.15, 0.2) is 5.16 Å². The predicted octanol–water partition coefficient (Wildman–Crippen LogP) is 11.7. The molecule has 1 aliphatic rings. The van der Waals surface area contributed by atoms with Crippen molar-refractivity contribution in [3.8, 4) is 11.6 Å². The molecule has 0 unspecified atom stereocenters. The second-order valence-electron chi connectivity index (χ2n) is 10.7. The first-order chi connectivity index (χ1) is 24.4. The highest BCUT2D eigenvalue weighted by Crippen LogP contribution is 2.28. The topological polar surface area (TPSA) is 131 Å². The Morgan fingerprint density at radius 3 is 1.82 bits per heavy atom. The van der Waals surface area contributed by atoms with Crippen molar-refractivity contribution in [2.75, 3.05) is 12.0 Å². The largest absolute Gasteiger partial charge is 0.398 e. The van der Waals surface area contributed by atoms with Gasteiger partial charge in [0.05, 0.1) is 21.3 Å². The first-order valence-corrected chi connectivity index (χ1v) is 18.9. The fraction of sp³-hybridized carbons (Fsp3) is 0.400. The Balaban J connectivity index is 0.000000380. The number of aromatic nitrogens is 6. The highest BCUT2D eigenvalue weighted by molar-refractivity contribution is 7.98. The molecule has 7 rings (SSSR count). The summed E-state index contributed by atoms with van der Waals surface area (Å²) in [5, 5.41) is 13.3. The number of nitrogen functional groups attached to an aromatic ring is 1. The number of hydrogen-bond donors (Lipinski definition) is 1. The summed E-state index contributed by atoms with van der Waals surface area (Å²) < 4.78 is 3.84. The van der Waals surface area contributed by atoms with Crippen LogP contribution in [-0.4, -0.2) is 40.2 Å². The minimum atomic E-state index is -0.375. The quantitative estimate of drug-likeness (QED) is 0.0627. The number of aryl methyl sites for hydroxylation is 1. The van der Waals surface area contributed by atoms with Gasteiger partial charge < -0.3 is 14.9 Å². The van der Waals surface area contributed by atoms with Crippen LogP contribution in [0, 0.1) is 23.0 Å². The zero-order valence-electron chi connectivity index (χ0n) is 31.1. The van der Waals surface area contributed by atoms with E-state index in [0.29, 0.717) is 16.4 Å². The van der Waals surface area contributed by atoms with Crippen molar-refractivity contribution in [2.24, 2.45) is 5.92 Å². The van der Waals surface area contributed by atoms with Crippen molar-refractivity contribution < 1.29 is 4.92 Å². The van der Waals surface area contributed by atoms with E-state index < -0.39 is 0 Å². The molecular formula is C40H58N8O2S. The molecule has 6 aromatic rings. The standard InChI is InChI=1S/C13H10N4O2S.C13H12N4.C7H14.3C2H6.CH4/c1-20-13-14-7-5-12(15-13)16-8-6-9-10(16)3-2-4-11(9)17(18)19;1-9-15-7-5-13(16-9)17-8-6-10-11(14)3-2-4-12(10)17;1-7-5-3-2-4-6-7;3*1-2;/h2-8H,1H3;2-8H,14H2,1H3;7H,2-6H2,1H3;3*1-2H3;1H4. The smallest absolute Gasteiger partial charge is 0.278 e. The lowest BCUT2D eigenvalue weighted by Gasteiger charge is -2.15. The minimum absolute atomic E-state index is 0. The molecule has 11 heteroatoms. The van der Waals surface area contributed by atoms with Crippen LogP contribution >= 0.6 is 11.8 Å². The number of nitrogens with zero attached hydrogens (tertiary/aromatic N) is 7. The van der Waals surface area contributed by atoms with Crippen molar-refractivity contribution in [1.82, 2.24) is 29.1 Å². The average Bonchev–Trinajstić information content (AvgIpc) is 3.81. The van der Waals surface area contributed by atoms with Crippen LogP contribution in [-0.2, 0) is 0 Å². The number of rotatable bonds is 4. The molecule has 1 fully saturated rings. The fourth-order valence-corrected chi connectivity index (χ4v) is 5.70. The molecule has 1 aliphatic carbocycles. The van der Waals surface area contributed by atoms with Gasteiger partial charge in [-0.2, -0.15) is 0 Å². The Morgan fingerprint density at radius 2 is 1.29 bits per heavy atom. The number of thioether (sulfide) groups is 1. The van der Waals surface area contributed by atoms with Crippen molar-refractivity contribution in [3.63, 3.8) is 0 Å². The molecule has 0 saturated heterocycles. The lowest BCUT2D eigenvalue weighted by Crippen LogP contribution is -1.99. The van der Waals surface area contributed by atoms with E-state index >= 15 is 0 Å². The maximum Gasteiger partial charge on any atom is 0.278 e. The van der Waals surface area contributed by atoms with E-state index in [-0.39, 0.29) is 18.0 Å².